The smallest absolute Gasteiger partial charge is 0.123 e. The standard InChI is InChI=1S/C22H17FN2/c23-21-12-10-20(11-13-21)22(25-15-14-24-16-25)19-8-6-18(7-9-19)17-4-2-1-3-5-17/h1-16,22H. The van der Waals surface area contributed by atoms with E-state index in [-0.39, 0.29) is 11.9 Å². The fourth-order valence-corrected chi connectivity index (χ4v) is 3.09. The Morgan fingerprint density at radius 1 is 0.720 bits per heavy atom. The molecular weight excluding hydrogens is 311 g/mol. The highest BCUT2D eigenvalue weighted by Crippen LogP contribution is 2.29. The van der Waals surface area contributed by atoms with Crippen molar-refractivity contribution in [1.29, 1.82) is 0 Å². The van der Waals surface area contributed by atoms with Crippen LogP contribution in [0.3, 0.4) is 0 Å². The highest BCUT2D eigenvalue weighted by molar-refractivity contribution is 5.63. The minimum atomic E-state index is -0.229. The number of benzene rings is 3. The van der Waals surface area contributed by atoms with Crippen molar-refractivity contribution in [2.45, 2.75) is 6.04 Å². The molecule has 1 heterocycles. The zero-order valence-electron chi connectivity index (χ0n) is 13.6. The number of nitrogens with zero attached hydrogens (tertiary/aromatic N) is 2. The Labute approximate surface area is 146 Å². The molecule has 4 rings (SSSR count). The average Bonchev–Trinajstić information content (AvgIpc) is 3.19. The summed E-state index contributed by atoms with van der Waals surface area (Å²) in [6.45, 7) is 0. The van der Waals surface area contributed by atoms with Gasteiger partial charge in [-0.15, -0.1) is 0 Å². The van der Waals surface area contributed by atoms with Gasteiger partial charge in [0.2, 0.25) is 0 Å². The number of rotatable bonds is 4. The lowest BCUT2D eigenvalue weighted by Crippen LogP contribution is -2.10. The molecule has 1 atom stereocenters. The number of imidazole rings is 1. The van der Waals surface area contributed by atoms with Crippen molar-refractivity contribution in [3.05, 3.63) is 115 Å². The number of halogens is 1. The summed E-state index contributed by atoms with van der Waals surface area (Å²) >= 11 is 0. The van der Waals surface area contributed by atoms with E-state index in [1.807, 2.05) is 41.1 Å². The first-order valence-corrected chi connectivity index (χ1v) is 8.19. The van der Waals surface area contributed by atoms with Gasteiger partial charge in [-0.25, -0.2) is 9.37 Å². The Morgan fingerprint density at radius 3 is 1.92 bits per heavy atom. The first-order valence-electron chi connectivity index (χ1n) is 8.19. The summed E-state index contributed by atoms with van der Waals surface area (Å²) in [6.07, 6.45) is 5.48. The fourth-order valence-electron chi connectivity index (χ4n) is 3.09. The van der Waals surface area contributed by atoms with Crippen molar-refractivity contribution in [1.82, 2.24) is 9.55 Å². The second-order valence-corrected chi connectivity index (χ2v) is 5.95. The van der Waals surface area contributed by atoms with Crippen molar-refractivity contribution >= 4 is 0 Å². The third-order valence-electron chi connectivity index (χ3n) is 4.34. The Kier molecular flexibility index (Phi) is 4.13. The molecule has 0 saturated heterocycles. The molecule has 4 aromatic rings. The van der Waals surface area contributed by atoms with E-state index in [2.05, 4.69) is 41.4 Å². The molecule has 3 heteroatoms. The fraction of sp³-hybridized carbons (Fsp3) is 0.0455. The summed E-state index contributed by atoms with van der Waals surface area (Å²) in [7, 11) is 0. The third kappa shape index (κ3) is 3.22. The maximum Gasteiger partial charge on any atom is 0.123 e. The van der Waals surface area contributed by atoms with E-state index in [4.69, 9.17) is 0 Å². The predicted molar refractivity (Wildman–Crippen MR) is 97.7 cm³/mol. The van der Waals surface area contributed by atoms with Crippen LogP contribution in [0, 0.1) is 5.82 Å². The van der Waals surface area contributed by atoms with Crippen LogP contribution >= 0.6 is 0 Å². The Morgan fingerprint density at radius 2 is 1.32 bits per heavy atom. The molecule has 0 spiro atoms. The number of hydrogen-bond acceptors (Lipinski definition) is 1. The van der Waals surface area contributed by atoms with Gasteiger partial charge in [0.15, 0.2) is 0 Å². The van der Waals surface area contributed by atoms with Gasteiger partial charge in [-0.05, 0) is 34.4 Å². The van der Waals surface area contributed by atoms with E-state index in [9.17, 15) is 4.39 Å². The van der Waals surface area contributed by atoms with Crippen LogP contribution in [-0.4, -0.2) is 9.55 Å². The molecule has 0 N–H and O–H groups in total. The quantitative estimate of drug-likeness (QED) is 0.495. The minimum Gasteiger partial charge on any atom is -0.326 e. The molecule has 1 aromatic heterocycles. The van der Waals surface area contributed by atoms with Crippen LogP contribution in [0.25, 0.3) is 11.1 Å². The Hall–Kier alpha value is -3.20. The van der Waals surface area contributed by atoms with Crippen LogP contribution in [0.1, 0.15) is 17.2 Å². The molecule has 0 amide bonds. The topological polar surface area (TPSA) is 17.8 Å². The molecule has 122 valence electrons. The average molecular weight is 328 g/mol. The highest BCUT2D eigenvalue weighted by atomic mass is 19.1. The van der Waals surface area contributed by atoms with Gasteiger partial charge >= 0.3 is 0 Å². The van der Waals surface area contributed by atoms with Crippen LogP contribution < -0.4 is 0 Å². The number of hydrogen-bond donors (Lipinski definition) is 0. The first kappa shape index (κ1) is 15.3. The third-order valence-corrected chi connectivity index (χ3v) is 4.34. The van der Waals surface area contributed by atoms with Crippen molar-refractivity contribution in [2.24, 2.45) is 0 Å². The van der Waals surface area contributed by atoms with Crippen LogP contribution in [-0.2, 0) is 0 Å². The maximum atomic E-state index is 13.3. The molecule has 0 fully saturated rings. The molecule has 0 aliphatic carbocycles. The lowest BCUT2D eigenvalue weighted by molar-refractivity contribution is 0.622. The van der Waals surface area contributed by atoms with Crippen molar-refractivity contribution in [2.75, 3.05) is 0 Å². The van der Waals surface area contributed by atoms with Crippen molar-refractivity contribution in [3.63, 3.8) is 0 Å². The van der Waals surface area contributed by atoms with Gasteiger partial charge in [0.05, 0.1) is 12.4 Å². The Bertz CT molecular complexity index is 928. The molecule has 25 heavy (non-hydrogen) atoms. The van der Waals surface area contributed by atoms with Crippen molar-refractivity contribution < 1.29 is 4.39 Å². The first-order chi connectivity index (χ1) is 12.3. The SMILES string of the molecule is Fc1ccc(C(c2ccc(-c3ccccc3)cc2)n2ccnc2)cc1. The second kappa shape index (κ2) is 6.73. The number of aromatic nitrogens is 2. The molecule has 2 nitrogen and oxygen atoms in total. The van der Waals surface area contributed by atoms with E-state index in [0.29, 0.717) is 0 Å². The molecule has 1 unspecified atom stereocenters. The predicted octanol–water partition coefficient (Wildman–Crippen LogP) is 5.33. The zero-order chi connectivity index (χ0) is 17.1. The van der Waals surface area contributed by atoms with Crippen molar-refractivity contribution in [3.8, 4) is 11.1 Å². The minimum absolute atomic E-state index is 0.0343. The summed E-state index contributed by atoms with van der Waals surface area (Å²) in [4.78, 5) is 4.17. The van der Waals surface area contributed by atoms with Gasteiger partial charge in [0.1, 0.15) is 5.82 Å². The van der Waals surface area contributed by atoms with Crippen LogP contribution in [0.2, 0.25) is 0 Å². The second-order valence-electron chi connectivity index (χ2n) is 5.95. The molecule has 0 saturated carbocycles. The summed E-state index contributed by atoms with van der Waals surface area (Å²) in [5.74, 6) is -0.229. The van der Waals surface area contributed by atoms with E-state index in [1.165, 1.54) is 23.3 Å². The maximum absolute atomic E-state index is 13.3. The lowest BCUT2D eigenvalue weighted by Gasteiger charge is -2.20. The van der Waals surface area contributed by atoms with Crippen LogP contribution in [0.4, 0.5) is 4.39 Å². The van der Waals surface area contributed by atoms with Gasteiger partial charge in [-0.1, -0.05) is 66.7 Å². The van der Waals surface area contributed by atoms with E-state index in [0.717, 1.165) is 11.1 Å². The van der Waals surface area contributed by atoms with Gasteiger partial charge < -0.3 is 4.57 Å². The molecule has 0 aliphatic heterocycles. The molecule has 3 aromatic carbocycles. The monoisotopic (exact) mass is 328 g/mol. The van der Waals surface area contributed by atoms with Gasteiger partial charge in [0.25, 0.3) is 0 Å². The van der Waals surface area contributed by atoms with E-state index < -0.39 is 0 Å². The molecule has 0 aliphatic rings. The normalized spacial score (nSPS) is 12.0. The van der Waals surface area contributed by atoms with Gasteiger partial charge in [-0.2, -0.15) is 0 Å². The van der Waals surface area contributed by atoms with Crippen LogP contribution in [0.5, 0.6) is 0 Å². The lowest BCUT2D eigenvalue weighted by atomic mass is 9.96. The summed E-state index contributed by atoms with van der Waals surface area (Å²) in [5.41, 5.74) is 4.51. The molecular formula is C22H17FN2. The van der Waals surface area contributed by atoms with E-state index >= 15 is 0 Å². The highest BCUT2D eigenvalue weighted by Gasteiger charge is 2.16. The zero-order valence-corrected chi connectivity index (χ0v) is 13.6. The van der Waals surface area contributed by atoms with Crippen LogP contribution in [0.15, 0.2) is 97.6 Å². The largest absolute Gasteiger partial charge is 0.326 e. The summed E-state index contributed by atoms with van der Waals surface area (Å²) in [6, 6.07) is 25.4. The molecule has 0 radical (unpaired) electrons. The van der Waals surface area contributed by atoms with Gasteiger partial charge in [0, 0.05) is 12.4 Å². The Balaban J connectivity index is 1.74. The van der Waals surface area contributed by atoms with E-state index in [1.54, 1.807) is 12.5 Å². The van der Waals surface area contributed by atoms with Gasteiger partial charge in [-0.3, -0.25) is 0 Å². The summed E-state index contributed by atoms with van der Waals surface area (Å²) in [5, 5.41) is 0. The summed E-state index contributed by atoms with van der Waals surface area (Å²) < 4.78 is 15.3. The molecule has 0 bridgehead atoms.